The van der Waals surface area contributed by atoms with Crippen LogP contribution in [0.3, 0.4) is 0 Å². The van der Waals surface area contributed by atoms with Gasteiger partial charge in [0.05, 0.1) is 0 Å². The van der Waals surface area contributed by atoms with E-state index in [1.165, 1.54) is 26.1 Å². The number of amides is 4. The Kier molecular flexibility index (Phi) is 3.99. The fourth-order valence-corrected chi connectivity index (χ4v) is 2.51. The van der Waals surface area contributed by atoms with Crippen LogP contribution in [0.2, 0.25) is 0 Å². The second-order valence-corrected chi connectivity index (χ2v) is 5.00. The summed E-state index contributed by atoms with van der Waals surface area (Å²) in [5, 5.41) is 2.19. The minimum Gasteiger partial charge on any atom is -0.427 e. The first-order valence-corrected chi connectivity index (χ1v) is 6.75. The number of carbonyl (C=O) groups is 4. The number of nitrogens with zero attached hydrogens (tertiary/aromatic N) is 1. The zero-order chi connectivity index (χ0) is 16.5. The zero-order valence-electron chi connectivity index (χ0n) is 12.5. The molecule has 4 amide bonds. The van der Waals surface area contributed by atoms with Gasteiger partial charge in [0.1, 0.15) is 5.75 Å². The van der Waals surface area contributed by atoms with E-state index in [0.717, 1.165) is 4.90 Å². The number of ether oxygens (including phenoxy) is 1. The number of hydrogen-bond acceptors (Lipinski definition) is 5. The summed E-state index contributed by atoms with van der Waals surface area (Å²) in [6.07, 6.45) is 0.197. The summed E-state index contributed by atoms with van der Waals surface area (Å²) in [5.41, 5.74) is -1.02. The molecule has 1 aliphatic rings. The Morgan fingerprint density at radius 1 is 1.23 bits per heavy atom. The lowest BCUT2D eigenvalue weighted by atomic mass is 9.75. The summed E-state index contributed by atoms with van der Waals surface area (Å²) in [5.74, 6) is -1.38. The van der Waals surface area contributed by atoms with Crippen molar-refractivity contribution in [2.45, 2.75) is 25.7 Å². The zero-order valence-corrected chi connectivity index (χ0v) is 12.5. The third kappa shape index (κ3) is 2.34. The van der Waals surface area contributed by atoms with Gasteiger partial charge in [-0.15, -0.1) is 0 Å². The molecule has 2 rings (SSSR count). The van der Waals surface area contributed by atoms with Crippen molar-refractivity contribution < 1.29 is 23.9 Å². The Bertz CT molecular complexity index is 652. The maximum Gasteiger partial charge on any atom is 0.330 e. The standard InChI is InChI=1S/C15H16N2O5/c1-4-15(12(19)16-14(21)17(3)13(15)20)10-5-7-11(8-6-10)22-9(2)18/h5-8H,4H2,1-3H3,(H,16,19,21). The normalized spacial score (nSPS) is 21.6. The van der Waals surface area contributed by atoms with Crippen molar-refractivity contribution in [1.82, 2.24) is 10.2 Å². The number of urea groups is 1. The SMILES string of the molecule is CCC1(c2ccc(OC(C)=O)cc2)C(=O)NC(=O)N(C)C1=O. The minimum absolute atomic E-state index is 0.197. The van der Waals surface area contributed by atoms with Crippen molar-refractivity contribution in [2.75, 3.05) is 7.05 Å². The molecule has 22 heavy (non-hydrogen) atoms. The Morgan fingerprint density at radius 2 is 1.82 bits per heavy atom. The van der Waals surface area contributed by atoms with Crippen molar-refractivity contribution in [3.05, 3.63) is 29.8 Å². The van der Waals surface area contributed by atoms with E-state index < -0.39 is 29.2 Å². The van der Waals surface area contributed by atoms with E-state index in [1.807, 2.05) is 0 Å². The van der Waals surface area contributed by atoms with E-state index in [2.05, 4.69) is 5.32 Å². The van der Waals surface area contributed by atoms with Crippen LogP contribution < -0.4 is 10.1 Å². The van der Waals surface area contributed by atoms with Gasteiger partial charge in [-0.2, -0.15) is 0 Å². The Labute approximate surface area is 127 Å². The van der Waals surface area contributed by atoms with Crippen LogP contribution in [-0.2, 0) is 19.8 Å². The molecular formula is C15H16N2O5. The fourth-order valence-electron chi connectivity index (χ4n) is 2.51. The van der Waals surface area contributed by atoms with Crippen LogP contribution >= 0.6 is 0 Å². The van der Waals surface area contributed by atoms with Crippen LogP contribution in [0.4, 0.5) is 4.79 Å². The van der Waals surface area contributed by atoms with E-state index >= 15 is 0 Å². The molecule has 0 aliphatic carbocycles. The number of carbonyl (C=O) groups excluding carboxylic acids is 4. The summed E-state index contributed by atoms with van der Waals surface area (Å²) >= 11 is 0. The Hall–Kier alpha value is -2.70. The van der Waals surface area contributed by atoms with Crippen molar-refractivity contribution in [1.29, 1.82) is 0 Å². The first-order valence-electron chi connectivity index (χ1n) is 6.75. The van der Waals surface area contributed by atoms with E-state index in [9.17, 15) is 19.2 Å². The van der Waals surface area contributed by atoms with Crippen molar-refractivity contribution in [2.24, 2.45) is 0 Å². The molecule has 7 heteroatoms. The van der Waals surface area contributed by atoms with Crippen LogP contribution in [0.1, 0.15) is 25.8 Å². The largest absolute Gasteiger partial charge is 0.427 e. The maximum absolute atomic E-state index is 12.5. The van der Waals surface area contributed by atoms with Crippen LogP contribution in [-0.4, -0.2) is 35.8 Å². The van der Waals surface area contributed by atoms with Crippen LogP contribution in [0, 0.1) is 0 Å². The van der Waals surface area contributed by atoms with Gasteiger partial charge < -0.3 is 4.74 Å². The highest BCUT2D eigenvalue weighted by Crippen LogP contribution is 2.34. The molecule has 7 nitrogen and oxygen atoms in total. The topological polar surface area (TPSA) is 92.8 Å². The first kappa shape index (κ1) is 15.7. The molecule has 1 atom stereocenters. The summed E-state index contributed by atoms with van der Waals surface area (Å²) in [6.45, 7) is 2.97. The summed E-state index contributed by atoms with van der Waals surface area (Å²) in [7, 11) is 1.32. The van der Waals surface area contributed by atoms with Gasteiger partial charge >= 0.3 is 12.0 Å². The molecule has 1 aromatic carbocycles. The summed E-state index contributed by atoms with van der Waals surface area (Å²) < 4.78 is 4.93. The molecular weight excluding hydrogens is 288 g/mol. The third-order valence-corrected chi connectivity index (χ3v) is 3.72. The van der Waals surface area contributed by atoms with Gasteiger partial charge in [-0.05, 0) is 24.1 Å². The molecule has 1 unspecified atom stereocenters. The van der Waals surface area contributed by atoms with Gasteiger partial charge in [0.15, 0.2) is 5.41 Å². The van der Waals surface area contributed by atoms with Crippen LogP contribution in [0.5, 0.6) is 5.75 Å². The van der Waals surface area contributed by atoms with Crippen molar-refractivity contribution in [3.8, 4) is 5.75 Å². The molecule has 0 radical (unpaired) electrons. The molecule has 1 N–H and O–H groups in total. The van der Waals surface area contributed by atoms with Gasteiger partial charge in [0.25, 0.3) is 5.91 Å². The molecule has 1 aliphatic heterocycles. The molecule has 1 aromatic rings. The molecule has 1 saturated heterocycles. The lowest BCUT2D eigenvalue weighted by Gasteiger charge is -2.37. The molecule has 1 heterocycles. The molecule has 0 bridgehead atoms. The second kappa shape index (κ2) is 5.59. The predicted molar refractivity (Wildman–Crippen MR) is 76.0 cm³/mol. The van der Waals surface area contributed by atoms with Gasteiger partial charge in [0, 0.05) is 14.0 Å². The lowest BCUT2D eigenvalue weighted by molar-refractivity contribution is -0.144. The molecule has 1 fully saturated rings. The Morgan fingerprint density at radius 3 is 2.32 bits per heavy atom. The summed E-state index contributed by atoms with van der Waals surface area (Å²) in [6, 6.07) is 5.36. The smallest absolute Gasteiger partial charge is 0.330 e. The van der Waals surface area contributed by atoms with E-state index in [-0.39, 0.29) is 6.42 Å². The number of imide groups is 2. The van der Waals surface area contributed by atoms with E-state index in [4.69, 9.17) is 4.74 Å². The predicted octanol–water partition coefficient (Wildman–Crippen LogP) is 0.968. The van der Waals surface area contributed by atoms with E-state index in [0.29, 0.717) is 11.3 Å². The van der Waals surface area contributed by atoms with Gasteiger partial charge in [0.2, 0.25) is 5.91 Å². The summed E-state index contributed by atoms with van der Waals surface area (Å²) in [4.78, 5) is 48.2. The molecule has 116 valence electrons. The van der Waals surface area contributed by atoms with Crippen LogP contribution in [0.25, 0.3) is 0 Å². The lowest BCUT2D eigenvalue weighted by Crippen LogP contribution is -2.64. The number of nitrogens with one attached hydrogen (secondary N) is 1. The van der Waals surface area contributed by atoms with Gasteiger partial charge in [-0.3, -0.25) is 24.6 Å². The maximum atomic E-state index is 12.5. The number of hydrogen-bond donors (Lipinski definition) is 1. The number of benzene rings is 1. The highest BCUT2D eigenvalue weighted by molar-refractivity contribution is 6.22. The van der Waals surface area contributed by atoms with E-state index in [1.54, 1.807) is 19.1 Å². The van der Waals surface area contributed by atoms with Crippen molar-refractivity contribution >= 4 is 23.8 Å². The molecule has 0 spiro atoms. The average molecular weight is 304 g/mol. The van der Waals surface area contributed by atoms with Crippen molar-refractivity contribution in [3.63, 3.8) is 0 Å². The Balaban J connectivity index is 2.45. The highest BCUT2D eigenvalue weighted by Gasteiger charge is 2.52. The van der Waals surface area contributed by atoms with Gasteiger partial charge in [-0.25, -0.2) is 4.79 Å². The van der Waals surface area contributed by atoms with Gasteiger partial charge in [-0.1, -0.05) is 19.1 Å². The number of barbiturate groups is 1. The number of likely N-dealkylation sites (N-methyl/N-ethyl adjacent to an activating group) is 1. The van der Waals surface area contributed by atoms with Crippen LogP contribution in [0.15, 0.2) is 24.3 Å². The monoisotopic (exact) mass is 304 g/mol. The average Bonchev–Trinajstić information content (AvgIpc) is 2.47. The number of rotatable bonds is 3. The molecule has 0 saturated carbocycles. The minimum atomic E-state index is -1.46. The quantitative estimate of drug-likeness (QED) is 0.510. The molecule has 0 aromatic heterocycles. The fraction of sp³-hybridized carbons (Fsp3) is 0.333. The first-order chi connectivity index (χ1) is 10.3. The third-order valence-electron chi connectivity index (χ3n) is 3.72. The number of esters is 1. The highest BCUT2D eigenvalue weighted by atomic mass is 16.5. The second-order valence-electron chi connectivity index (χ2n) is 5.00.